The van der Waals surface area contributed by atoms with Gasteiger partial charge < -0.3 is 5.32 Å². The van der Waals surface area contributed by atoms with Crippen molar-refractivity contribution in [3.63, 3.8) is 0 Å². The lowest BCUT2D eigenvalue weighted by molar-refractivity contribution is 0.628. The van der Waals surface area contributed by atoms with Crippen LogP contribution in [0.15, 0.2) is 54.2 Å². The van der Waals surface area contributed by atoms with Gasteiger partial charge in [0.25, 0.3) is 0 Å². The van der Waals surface area contributed by atoms with Crippen molar-refractivity contribution < 1.29 is 4.39 Å². The largest absolute Gasteiger partial charge is 0.339 e. The molecule has 4 rings (SSSR count). The number of anilines is 2. The van der Waals surface area contributed by atoms with Crippen molar-refractivity contribution in [3.05, 3.63) is 70.6 Å². The molecule has 3 nitrogen and oxygen atoms in total. The fraction of sp³-hybridized carbons (Fsp3) is 0.0526. The number of fused-ring (bicyclic) bond motifs is 1. The van der Waals surface area contributed by atoms with E-state index in [4.69, 9.17) is 11.6 Å². The third kappa shape index (κ3) is 3.08. The van der Waals surface area contributed by atoms with Crippen LogP contribution in [0, 0.1) is 12.7 Å². The van der Waals surface area contributed by atoms with Crippen molar-refractivity contribution in [1.29, 1.82) is 0 Å². The van der Waals surface area contributed by atoms with E-state index in [9.17, 15) is 4.39 Å². The van der Waals surface area contributed by atoms with Crippen LogP contribution in [0.4, 0.5) is 15.9 Å². The van der Waals surface area contributed by atoms with E-state index in [2.05, 4.69) is 15.3 Å². The predicted molar refractivity (Wildman–Crippen MR) is 102 cm³/mol. The van der Waals surface area contributed by atoms with Gasteiger partial charge in [0.15, 0.2) is 0 Å². The summed E-state index contributed by atoms with van der Waals surface area (Å²) in [5.41, 5.74) is 3.86. The Morgan fingerprint density at radius 3 is 2.68 bits per heavy atom. The van der Waals surface area contributed by atoms with E-state index in [0.29, 0.717) is 10.8 Å². The number of thiophene rings is 1. The van der Waals surface area contributed by atoms with Crippen molar-refractivity contribution in [3.8, 4) is 11.1 Å². The SMILES string of the molecule is Cc1ccc(Cl)cc1Nc1ncnc2scc(-c3ccc(F)cc3)c12. The second-order valence-corrected chi connectivity index (χ2v) is 6.94. The molecule has 0 radical (unpaired) electrons. The van der Waals surface area contributed by atoms with Gasteiger partial charge in [-0.2, -0.15) is 0 Å². The first-order valence-electron chi connectivity index (χ1n) is 7.63. The van der Waals surface area contributed by atoms with Crippen molar-refractivity contribution >= 4 is 44.7 Å². The summed E-state index contributed by atoms with van der Waals surface area (Å²) in [6.45, 7) is 2.01. The third-order valence-corrected chi connectivity index (χ3v) is 5.10. The maximum absolute atomic E-state index is 13.2. The van der Waals surface area contributed by atoms with Crippen molar-refractivity contribution in [2.24, 2.45) is 0 Å². The van der Waals surface area contributed by atoms with Crippen LogP contribution in [0.3, 0.4) is 0 Å². The van der Waals surface area contributed by atoms with E-state index in [0.717, 1.165) is 32.6 Å². The lowest BCUT2D eigenvalue weighted by Crippen LogP contribution is -1.97. The molecule has 0 atom stereocenters. The number of aromatic nitrogens is 2. The third-order valence-electron chi connectivity index (χ3n) is 3.98. The quantitative estimate of drug-likeness (QED) is 0.467. The van der Waals surface area contributed by atoms with Crippen LogP contribution < -0.4 is 5.32 Å². The van der Waals surface area contributed by atoms with E-state index < -0.39 is 0 Å². The van der Waals surface area contributed by atoms with Gasteiger partial charge >= 0.3 is 0 Å². The minimum absolute atomic E-state index is 0.257. The molecule has 0 fully saturated rings. The van der Waals surface area contributed by atoms with Crippen LogP contribution in [0.1, 0.15) is 5.56 Å². The van der Waals surface area contributed by atoms with E-state index >= 15 is 0 Å². The second kappa shape index (κ2) is 6.43. The standard InChI is InChI=1S/C19H13ClFN3S/c1-11-2-5-13(20)8-16(11)24-18-17-15(9-25-19(17)23-10-22-18)12-3-6-14(21)7-4-12/h2-10H,1H3,(H,22,23,24). The molecule has 1 N–H and O–H groups in total. The van der Waals surface area contributed by atoms with E-state index in [-0.39, 0.29) is 5.82 Å². The molecule has 0 unspecified atom stereocenters. The van der Waals surface area contributed by atoms with Crippen LogP contribution in [-0.4, -0.2) is 9.97 Å². The predicted octanol–water partition coefficient (Wildman–Crippen LogP) is 6.20. The topological polar surface area (TPSA) is 37.8 Å². The molecule has 2 aromatic heterocycles. The lowest BCUT2D eigenvalue weighted by atomic mass is 10.1. The number of hydrogen-bond acceptors (Lipinski definition) is 4. The molecule has 0 aliphatic carbocycles. The Morgan fingerprint density at radius 1 is 1.08 bits per heavy atom. The van der Waals surface area contributed by atoms with Crippen molar-refractivity contribution in [2.45, 2.75) is 6.92 Å². The molecule has 0 amide bonds. The summed E-state index contributed by atoms with van der Waals surface area (Å²) in [6, 6.07) is 12.1. The maximum atomic E-state index is 13.2. The maximum Gasteiger partial charge on any atom is 0.143 e. The number of rotatable bonds is 3. The Labute approximate surface area is 153 Å². The van der Waals surface area contributed by atoms with Gasteiger partial charge in [-0.05, 0) is 42.3 Å². The normalized spacial score (nSPS) is 11.0. The molecular weight excluding hydrogens is 357 g/mol. The minimum Gasteiger partial charge on any atom is -0.339 e. The lowest BCUT2D eigenvalue weighted by Gasteiger charge is -2.11. The highest BCUT2D eigenvalue weighted by molar-refractivity contribution is 7.17. The smallest absolute Gasteiger partial charge is 0.143 e. The molecule has 0 saturated heterocycles. The summed E-state index contributed by atoms with van der Waals surface area (Å²) in [5, 5.41) is 6.95. The van der Waals surface area contributed by atoms with Gasteiger partial charge in [-0.15, -0.1) is 11.3 Å². The number of aryl methyl sites for hydroxylation is 1. The average molecular weight is 370 g/mol. The Hall–Kier alpha value is -2.50. The molecular formula is C19H13ClFN3S. The molecule has 0 spiro atoms. The zero-order chi connectivity index (χ0) is 17.4. The first-order valence-corrected chi connectivity index (χ1v) is 8.89. The highest BCUT2D eigenvalue weighted by atomic mass is 35.5. The van der Waals surface area contributed by atoms with E-state index in [1.807, 2.05) is 30.5 Å². The number of nitrogens with zero attached hydrogens (tertiary/aromatic N) is 2. The fourth-order valence-electron chi connectivity index (χ4n) is 2.67. The Bertz CT molecular complexity index is 1060. The summed E-state index contributed by atoms with van der Waals surface area (Å²) in [7, 11) is 0. The van der Waals surface area contributed by atoms with Crippen LogP contribution >= 0.6 is 22.9 Å². The molecule has 2 heterocycles. The molecule has 0 bridgehead atoms. The van der Waals surface area contributed by atoms with Crippen LogP contribution in [0.25, 0.3) is 21.3 Å². The average Bonchev–Trinajstić information content (AvgIpc) is 3.04. The molecule has 0 saturated carbocycles. The number of hydrogen-bond donors (Lipinski definition) is 1. The number of benzene rings is 2. The molecule has 6 heteroatoms. The molecule has 2 aromatic carbocycles. The first kappa shape index (κ1) is 16.0. The Balaban J connectivity index is 1.85. The van der Waals surface area contributed by atoms with Crippen LogP contribution in [0.2, 0.25) is 5.02 Å². The van der Waals surface area contributed by atoms with Crippen LogP contribution in [0.5, 0.6) is 0 Å². The zero-order valence-corrected chi connectivity index (χ0v) is 14.8. The highest BCUT2D eigenvalue weighted by Gasteiger charge is 2.14. The second-order valence-electron chi connectivity index (χ2n) is 5.64. The van der Waals surface area contributed by atoms with Gasteiger partial charge in [-0.1, -0.05) is 29.8 Å². The summed E-state index contributed by atoms with van der Waals surface area (Å²) in [5.74, 6) is 0.448. The molecule has 25 heavy (non-hydrogen) atoms. The van der Waals surface area contributed by atoms with Gasteiger partial charge in [0.2, 0.25) is 0 Å². The monoisotopic (exact) mass is 369 g/mol. The molecule has 0 aliphatic rings. The van der Waals surface area contributed by atoms with Gasteiger partial charge in [0.05, 0.1) is 5.39 Å². The highest BCUT2D eigenvalue weighted by Crippen LogP contribution is 2.38. The van der Waals surface area contributed by atoms with E-state index in [1.165, 1.54) is 29.8 Å². The summed E-state index contributed by atoms with van der Waals surface area (Å²) >= 11 is 7.65. The van der Waals surface area contributed by atoms with E-state index in [1.54, 1.807) is 12.1 Å². The first-order chi connectivity index (χ1) is 12.1. The minimum atomic E-state index is -0.257. The van der Waals surface area contributed by atoms with Crippen LogP contribution in [-0.2, 0) is 0 Å². The van der Waals surface area contributed by atoms with Crippen molar-refractivity contribution in [2.75, 3.05) is 5.32 Å². The van der Waals surface area contributed by atoms with Gasteiger partial charge in [0, 0.05) is 21.7 Å². The molecule has 0 aliphatic heterocycles. The summed E-state index contributed by atoms with van der Waals surface area (Å²) in [4.78, 5) is 9.64. The summed E-state index contributed by atoms with van der Waals surface area (Å²) < 4.78 is 13.2. The van der Waals surface area contributed by atoms with Crippen molar-refractivity contribution in [1.82, 2.24) is 9.97 Å². The zero-order valence-electron chi connectivity index (χ0n) is 13.3. The molecule has 4 aromatic rings. The summed E-state index contributed by atoms with van der Waals surface area (Å²) in [6.07, 6.45) is 1.54. The molecule has 124 valence electrons. The van der Waals surface area contributed by atoms with Gasteiger partial charge in [-0.3, -0.25) is 0 Å². The Morgan fingerprint density at radius 2 is 1.88 bits per heavy atom. The van der Waals surface area contributed by atoms with Gasteiger partial charge in [-0.25, -0.2) is 14.4 Å². The fourth-order valence-corrected chi connectivity index (χ4v) is 3.76. The van der Waals surface area contributed by atoms with Gasteiger partial charge in [0.1, 0.15) is 22.8 Å². The Kier molecular flexibility index (Phi) is 4.11. The number of nitrogens with one attached hydrogen (secondary N) is 1. The number of halogens is 2.